The summed E-state index contributed by atoms with van der Waals surface area (Å²) in [5, 5.41) is 0. The van der Waals surface area contributed by atoms with Gasteiger partial charge in [-0.3, -0.25) is 0 Å². The second kappa shape index (κ2) is 5.35. The van der Waals surface area contributed by atoms with E-state index in [-0.39, 0.29) is 0 Å². The van der Waals surface area contributed by atoms with Gasteiger partial charge < -0.3 is 4.90 Å². The summed E-state index contributed by atoms with van der Waals surface area (Å²) in [6.07, 6.45) is 3.00. The van der Waals surface area contributed by atoms with Crippen molar-refractivity contribution in [3.63, 3.8) is 0 Å². The van der Waals surface area contributed by atoms with Crippen molar-refractivity contribution in [2.75, 3.05) is 20.1 Å². The minimum absolute atomic E-state index is 0.903. The molecule has 0 radical (unpaired) electrons. The van der Waals surface area contributed by atoms with Crippen molar-refractivity contribution in [3.05, 3.63) is 28.5 Å². The van der Waals surface area contributed by atoms with Crippen LogP contribution in [0.1, 0.15) is 12.5 Å². The van der Waals surface area contributed by atoms with Crippen LogP contribution in [0.5, 0.6) is 0 Å². The van der Waals surface area contributed by atoms with Crippen LogP contribution in [0.15, 0.2) is 22.9 Å². The molecular weight excluding hydrogens is 228 g/mol. The molecule has 0 atom stereocenters. The maximum atomic E-state index is 4.18. The fourth-order valence-electron chi connectivity index (χ4n) is 1.03. The summed E-state index contributed by atoms with van der Waals surface area (Å²) >= 11 is 3.32. The van der Waals surface area contributed by atoms with Gasteiger partial charge in [-0.1, -0.05) is 13.0 Å². The van der Waals surface area contributed by atoms with E-state index in [9.17, 15) is 0 Å². The number of rotatable bonds is 4. The highest BCUT2D eigenvalue weighted by Crippen LogP contribution is 2.06. The zero-order valence-electron chi connectivity index (χ0n) is 8.13. The van der Waals surface area contributed by atoms with Crippen molar-refractivity contribution < 1.29 is 0 Å². The Morgan fingerprint density at radius 3 is 2.77 bits per heavy atom. The van der Waals surface area contributed by atoms with Gasteiger partial charge in [0, 0.05) is 12.7 Å². The Labute approximate surface area is 88.1 Å². The van der Waals surface area contributed by atoms with Gasteiger partial charge in [0.15, 0.2) is 0 Å². The van der Waals surface area contributed by atoms with Gasteiger partial charge in [-0.2, -0.15) is 0 Å². The number of nitrogens with zero attached hydrogens (tertiary/aromatic N) is 2. The monoisotopic (exact) mass is 242 g/mol. The molecule has 1 aromatic rings. The van der Waals surface area contributed by atoms with Gasteiger partial charge in [0.05, 0.1) is 0 Å². The molecular formula is C10H15BrN2. The number of pyridine rings is 1. The second-order valence-corrected chi connectivity index (χ2v) is 3.95. The van der Waals surface area contributed by atoms with Crippen molar-refractivity contribution in [1.82, 2.24) is 9.88 Å². The molecule has 0 amide bonds. The van der Waals surface area contributed by atoms with Crippen molar-refractivity contribution in [2.45, 2.75) is 13.3 Å². The maximum absolute atomic E-state index is 4.18. The summed E-state index contributed by atoms with van der Waals surface area (Å²) in [5.74, 6) is 0. The number of hydrogen-bond acceptors (Lipinski definition) is 2. The minimum atomic E-state index is 0.903. The lowest BCUT2D eigenvalue weighted by Gasteiger charge is -2.12. The fraction of sp³-hybridized carbons (Fsp3) is 0.500. The standard InChI is InChI=1S/C10H15BrN2/c1-3-13(2)7-6-9-4-5-10(11)12-8-9/h4-5,8H,3,6-7H2,1-2H3. The average Bonchev–Trinajstić information content (AvgIpc) is 2.16. The molecule has 72 valence electrons. The third-order valence-corrected chi connectivity index (χ3v) is 2.58. The summed E-state index contributed by atoms with van der Waals surface area (Å²) in [6, 6.07) is 4.10. The van der Waals surface area contributed by atoms with Crippen LogP contribution in [0.4, 0.5) is 0 Å². The van der Waals surface area contributed by atoms with Crippen LogP contribution < -0.4 is 0 Å². The quantitative estimate of drug-likeness (QED) is 0.754. The van der Waals surface area contributed by atoms with Gasteiger partial charge in [0.25, 0.3) is 0 Å². The fourth-order valence-corrected chi connectivity index (χ4v) is 1.27. The molecule has 3 heteroatoms. The predicted octanol–water partition coefficient (Wildman–Crippen LogP) is 2.34. The van der Waals surface area contributed by atoms with Crippen LogP contribution in [-0.2, 0) is 6.42 Å². The normalized spacial score (nSPS) is 10.8. The summed E-state index contributed by atoms with van der Waals surface area (Å²) < 4.78 is 0.903. The molecule has 0 saturated carbocycles. The first-order valence-electron chi connectivity index (χ1n) is 4.51. The number of hydrogen-bond donors (Lipinski definition) is 0. The Balaban J connectivity index is 2.41. The van der Waals surface area contributed by atoms with E-state index in [0.717, 1.165) is 24.1 Å². The lowest BCUT2D eigenvalue weighted by Crippen LogP contribution is -2.20. The summed E-state index contributed by atoms with van der Waals surface area (Å²) in [4.78, 5) is 6.47. The first-order valence-corrected chi connectivity index (χ1v) is 5.30. The first-order chi connectivity index (χ1) is 6.22. The molecule has 0 saturated heterocycles. The molecule has 0 aliphatic rings. The highest BCUT2D eigenvalue weighted by Gasteiger charge is 1.97. The van der Waals surface area contributed by atoms with Crippen LogP contribution in [-0.4, -0.2) is 30.0 Å². The molecule has 1 rings (SSSR count). The molecule has 1 aromatic heterocycles. The average molecular weight is 243 g/mol. The molecule has 13 heavy (non-hydrogen) atoms. The molecule has 0 unspecified atom stereocenters. The molecule has 0 aromatic carbocycles. The molecule has 0 bridgehead atoms. The largest absolute Gasteiger partial charge is 0.306 e. The predicted molar refractivity (Wildman–Crippen MR) is 58.8 cm³/mol. The molecule has 0 N–H and O–H groups in total. The van der Waals surface area contributed by atoms with Gasteiger partial charge >= 0.3 is 0 Å². The Bertz CT molecular complexity index is 246. The van der Waals surface area contributed by atoms with E-state index in [4.69, 9.17) is 0 Å². The van der Waals surface area contributed by atoms with E-state index in [0.29, 0.717) is 0 Å². The molecule has 1 heterocycles. The Morgan fingerprint density at radius 2 is 2.23 bits per heavy atom. The first kappa shape index (κ1) is 10.7. The molecule has 0 spiro atoms. The lowest BCUT2D eigenvalue weighted by molar-refractivity contribution is 0.357. The Hall–Kier alpha value is -0.410. The van der Waals surface area contributed by atoms with Crippen molar-refractivity contribution in [1.29, 1.82) is 0 Å². The molecule has 0 aliphatic heterocycles. The van der Waals surface area contributed by atoms with E-state index in [2.05, 4.69) is 45.9 Å². The number of aromatic nitrogens is 1. The Kier molecular flexibility index (Phi) is 4.39. The number of halogens is 1. The van der Waals surface area contributed by atoms with E-state index in [1.807, 2.05) is 12.3 Å². The van der Waals surface area contributed by atoms with Crippen molar-refractivity contribution >= 4 is 15.9 Å². The van der Waals surface area contributed by atoms with Crippen molar-refractivity contribution in [3.8, 4) is 0 Å². The summed E-state index contributed by atoms with van der Waals surface area (Å²) in [6.45, 7) is 4.36. The topological polar surface area (TPSA) is 16.1 Å². The smallest absolute Gasteiger partial charge is 0.106 e. The molecule has 0 fully saturated rings. The molecule has 0 aliphatic carbocycles. The van der Waals surface area contributed by atoms with E-state index < -0.39 is 0 Å². The maximum Gasteiger partial charge on any atom is 0.106 e. The van der Waals surface area contributed by atoms with E-state index in [1.165, 1.54) is 5.56 Å². The van der Waals surface area contributed by atoms with Gasteiger partial charge in [0.2, 0.25) is 0 Å². The third kappa shape index (κ3) is 3.87. The van der Waals surface area contributed by atoms with Gasteiger partial charge in [-0.15, -0.1) is 0 Å². The zero-order valence-corrected chi connectivity index (χ0v) is 9.71. The number of likely N-dealkylation sites (N-methyl/N-ethyl adjacent to an activating group) is 1. The highest BCUT2D eigenvalue weighted by molar-refractivity contribution is 9.10. The lowest BCUT2D eigenvalue weighted by atomic mass is 10.2. The van der Waals surface area contributed by atoms with Crippen LogP contribution in [0.2, 0.25) is 0 Å². The summed E-state index contributed by atoms with van der Waals surface area (Å²) in [5.41, 5.74) is 1.29. The van der Waals surface area contributed by atoms with Gasteiger partial charge in [0.1, 0.15) is 4.60 Å². The van der Waals surface area contributed by atoms with Crippen LogP contribution in [0.3, 0.4) is 0 Å². The third-order valence-electron chi connectivity index (χ3n) is 2.11. The molecule has 2 nitrogen and oxygen atoms in total. The summed E-state index contributed by atoms with van der Waals surface area (Å²) in [7, 11) is 2.13. The van der Waals surface area contributed by atoms with E-state index in [1.54, 1.807) is 0 Å². The SMILES string of the molecule is CCN(C)CCc1ccc(Br)nc1. The highest BCUT2D eigenvalue weighted by atomic mass is 79.9. The zero-order chi connectivity index (χ0) is 9.68. The second-order valence-electron chi connectivity index (χ2n) is 3.14. The van der Waals surface area contributed by atoms with Crippen LogP contribution in [0.25, 0.3) is 0 Å². The van der Waals surface area contributed by atoms with Crippen LogP contribution in [0, 0.1) is 0 Å². The van der Waals surface area contributed by atoms with E-state index >= 15 is 0 Å². The minimum Gasteiger partial charge on any atom is -0.306 e. The van der Waals surface area contributed by atoms with Crippen LogP contribution >= 0.6 is 15.9 Å². The Morgan fingerprint density at radius 1 is 1.46 bits per heavy atom. The van der Waals surface area contributed by atoms with Gasteiger partial charge in [-0.25, -0.2) is 4.98 Å². The van der Waals surface area contributed by atoms with Gasteiger partial charge in [-0.05, 0) is 47.6 Å². The van der Waals surface area contributed by atoms with Crippen molar-refractivity contribution in [2.24, 2.45) is 0 Å².